The van der Waals surface area contributed by atoms with Crippen molar-refractivity contribution >= 4 is 17.7 Å². The summed E-state index contributed by atoms with van der Waals surface area (Å²) in [5.74, 6) is -0.784. The third-order valence-electron chi connectivity index (χ3n) is 3.71. The Morgan fingerprint density at radius 2 is 2.14 bits per heavy atom. The number of benzene rings is 1. The third kappa shape index (κ3) is 4.19. The predicted octanol–water partition coefficient (Wildman–Crippen LogP) is 3.17. The Balaban J connectivity index is 2.02. The van der Waals surface area contributed by atoms with Gasteiger partial charge in [0.1, 0.15) is 5.82 Å². The summed E-state index contributed by atoms with van der Waals surface area (Å²) in [6.45, 7) is 2.64. The van der Waals surface area contributed by atoms with Crippen molar-refractivity contribution in [3.8, 4) is 0 Å². The summed E-state index contributed by atoms with van der Waals surface area (Å²) in [5.41, 5.74) is 0.146. The molecule has 0 bridgehead atoms. The number of ether oxygens (including phenoxy) is 1. The van der Waals surface area contributed by atoms with E-state index in [0.29, 0.717) is 13.2 Å². The van der Waals surface area contributed by atoms with Gasteiger partial charge in [-0.15, -0.1) is 0 Å². The van der Waals surface area contributed by atoms with Gasteiger partial charge < -0.3 is 15.0 Å². The fourth-order valence-corrected chi connectivity index (χ4v) is 2.64. The molecule has 6 heteroatoms. The third-order valence-corrected chi connectivity index (χ3v) is 3.71. The summed E-state index contributed by atoms with van der Waals surface area (Å²) < 4.78 is 18.6. The van der Waals surface area contributed by atoms with Crippen LogP contribution in [0.5, 0.6) is 0 Å². The highest BCUT2D eigenvalue weighted by Crippen LogP contribution is 2.22. The lowest BCUT2D eigenvalue weighted by Gasteiger charge is -2.35. The average molecular weight is 308 g/mol. The maximum absolute atomic E-state index is 13.6. The van der Waals surface area contributed by atoms with Crippen LogP contribution in [0.4, 0.5) is 14.9 Å². The number of nitrogens with one attached hydrogen (secondary N) is 1. The fourth-order valence-electron chi connectivity index (χ4n) is 2.64. The molecule has 0 spiro atoms. The largest absolute Gasteiger partial charge is 0.466 e. The second kappa shape index (κ2) is 7.77. The van der Waals surface area contributed by atoms with Crippen LogP contribution in [-0.4, -0.2) is 36.1 Å². The molecule has 0 radical (unpaired) electrons. The van der Waals surface area contributed by atoms with E-state index in [9.17, 15) is 14.0 Å². The normalized spacial score (nSPS) is 17.9. The van der Waals surface area contributed by atoms with Gasteiger partial charge >= 0.3 is 12.0 Å². The summed E-state index contributed by atoms with van der Waals surface area (Å²) in [7, 11) is 0. The quantitative estimate of drug-likeness (QED) is 0.869. The van der Waals surface area contributed by atoms with Crippen LogP contribution in [0.15, 0.2) is 24.3 Å². The monoisotopic (exact) mass is 308 g/mol. The van der Waals surface area contributed by atoms with Crippen LogP contribution >= 0.6 is 0 Å². The molecule has 1 heterocycles. The van der Waals surface area contributed by atoms with Gasteiger partial charge in [-0.25, -0.2) is 9.18 Å². The van der Waals surface area contributed by atoms with Gasteiger partial charge in [0.2, 0.25) is 0 Å². The topological polar surface area (TPSA) is 58.6 Å². The van der Waals surface area contributed by atoms with Crippen molar-refractivity contribution in [1.82, 2.24) is 4.90 Å². The smallest absolute Gasteiger partial charge is 0.322 e. The molecular weight excluding hydrogens is 287 g/mol. The molecule has 0 aromatic heterocycles. The number of rotatable bonds is 4. The molecule has 1 aromatic carbocycles. The van der Waals surface area contributed by atoms with Gasteiger partial charge in [-0.3, -0.25) is 4.79 Å². The molecule has 0 aliphatic carbocycles. The zero-order valence-corrected chi connectivity index (χ0v) is 12.7. The molecule has 5 nitrogen and oxygen atoms in total. The van der Waals surface area contributed by atoms with E-state index in [1.165, 1.54) is 12.1 Å². The molecule has 1 atom stereocenters. The SMILES string of the molecule is CCOC(=O)CC1CCCCN1C(=O)Nc1ccccc1F. The minimum atomic E-state index is -0.477. The van der Waals surface area contributed by atoms with Crippen molar-refractivity contribution in [3.63, 3.8) is 0 Å². The van der Waals surface area contributed by atoms with Crippen LogP contribution in [-0.2, 0) is 9.53 Å². The van der Waals surface area contributed by atoms with Crippen LogP contribution in [0.1, 0.15) is 32.6 Å². The van der Waals surface area contributed by atoms with Crippen molar-refractivity contribution in [2.75, 3.05) is 18.5 Å². The standard InChI is InChI=1S/C16H21FN2O3/c1-2-22-15(20)11-12-7-5-6-10-19(12)16(21)18-14-9-4-3-8-13(14)17/h3-4,8-9,12H,2,5-7,10-11H2,1H3,(H,18,21). The van der Waals surface area contributed by atoms with Crippen molar-refractivity contribution < 1.29 is 18.7 Å². The van der Waals surface area contributed by atoms with Crippen molar-refractivity contribution in [1.29, 1.82) is 0 Å². The van der Waals surface area contributed by atoms with E-state index in [1.54, 1.807) is 24.0 Å². The van der Waals surface area contributed by atoms with Gasteiger partial charge in [0.25, 0.3) is 0 Å². The van der Waals surface area contributed by atoms with Gasteiger partial charge in [-0.2, -0.15) is 0 Å². The van der Waals surface area contributed by atoms with Gasteiger partial charge in [-0.05, 0) is 38.3 Å². The molecule has 1 aliphatic heterocycles. The summed E-state index contributed by atoms with van der Waals surface area (Å²) in [4.78, 5) is 25.6. The summed E-state index contributed by atoms with van der Waals surface area (Å²) in [6, 6.07) is 5.46. The van der Waals surface area contributed by atoms with E-state index in [1.807, 2.05) is 0 Å². The second-order valence-electron chi connectivity index (χ2n) is 5.26. The lowest BCUT2D eigenvalue weighted by atomic mass is 10.00. The van der Waals surface area contributed by atoms with Crippen molar-refractivity contribution in [2.24, 2.45) is 0 Å². The number of piperidine rings is 1. The number of likely N-dealkylation sites (tertiary alicyclic amines) is 1. The number of nitrogens with zero attached hydrogens (tertiary/aromatic N) is 1. The van der Waals surface area contributed by atoms with E-state index >= 15 is 0 Å². The first-order valence-corrected chi connectivity index (χ1v) is 7.59. The molecule has 0 saturated carbocycles. The molecule has 1 fully saturated rings. The molecule has 1 aromatic rings. The number of hydrogen-bond donors (Lipinski definition) is 1. The number of esters is 1. The maximum atomic E-state index is 13.6. The van der Waals surface area contributed by atoms with Crippen molar-refractivity contribution in [3.05, 3.63) is 30.1 Å². The second-order valence-corrected chi connectivity index (χ2v) is 5.26. The molecule has 2 rings (SSSR count). The minimum absolute atomic E-state index is 0.146. The first-order chi connectivity index (χ1) is 10.6. The molecular formula is C16H21FN2O3. The molecule has 1 unspecified atom stereocenters. The molecule has 2 amide bonds. The Hall–Kier alpha value is -2.11. The number of amides is 2. The van der Waals surface area contributed by atoms with E-state index < -0.39 is 5.82 Å². The van der Waals surface area contributed by atoms with Crippen LogP contribution in [0.2, 0.25) is 0 Å². The first kappa shape index (κ1) is 16.3. The van der Waals surface area contributed by atoms with Crippen LogP contribution < -0.4 is 5.32 Å². The Bertz CT molecular complexity index is 536. The molecule has 1 saturated heterocycles. The lowest BCUT2D eigenvalue weighted by Crippen LogP contribution is -2.47. The fraction of sp³-hybridized carbons (Fsp3) is 0.500. The van der Waals surface area contributed by atoms with E-state index in [0.717, 1.165) is 19.3 Å². The number of hydrogen-bond acceptors (Lipinski definition) is 3. The predicted molar refractivity (Wildman–Crippen MR) is 81.0 cm³/mol. The zero-order valence-electron chi connectivity index (χ0n) is 12.7. The summed E-state index contributed by atoms with van der Waals surface area (Å²) in [6.07, 6.45) is 2.78. The number of carbonyl (C=O) groups is 2. The summed E-state index contributed by atoms with van der Waals surface area (Å²) in [5, 5.41) is 2.58. The van der Waals surface area contributed by atoms with Crippen LogP contribution in [0.3, 0.4) is 0 Å². The highest BCUT2D eigenvalue weighted by Gasteiger charge is 2.29. The average Bonchev–Trinajstić information content (AvgIpc) is 2.50. The van der Waals surface area contributed by atoms with Gasteiger partial charge in [0.15, 0.2) is 0 Å². The maximum Gasteiger partial charge on any atom is 0.322 e. The molecule has 120 valence electrons. The number of urea groups is 1. The Kier molecular flexibility index (Phi) is 5.75. The first-order valence-electron chi connectivity index (χ1n) is 7.59. The summed E-state index contributed by atoms with van der Waals surface area (Å²) >= 11 is 0. The van der Waals surface area contributed by atoms with Crippen LogP contribution in [0, 0.1) is 5.82 Å². The minimum Gasteiger partial charge on any atom is -0.466 e. The Morgan fingerprint density at radius 1 is 1.36 bits per heavy atom. The highest BCUT2D eigenvalue weighted by atomic mass is 19.1. The zero-order chi connectivity index (χ0) is 15.9. The number of halogens is 1. The number of para-hydroxylation sites is 1. The van der Waals surface area contributed by atoms with E-state index in [4.69, 9.17) is 4.74 Å². The van der Waals surface area contributed by atoms with Gasteiger partial charge in [-0.1, -0.05) is 12.1 Å². The molecule has 1 aliphatic rings. The number of carbonyl (C=O) groups excluding carboxylic acids is 2. The highest BCUT2D eigenvalue weighted by molar-refractivity contribution is 5.90. The van der Waals surface area contributed by atoms with Crippen molar-refractivity contribution in [2.45, 2.75) is 38.6 Å². The number of anilines is 1. The lowest BCUT2D eigenvalue weighted by molar-refractivity contribution is -0.144. The van der Waals surface area contributed by atoms with E-state index in [2.05, 4.69) is 5.32 Å². The van der Waals surface area contributed by atoms with Gasteiger partial charge in [0, 0.05) is 12.6 Å². The Morgan fingerprint density at radius 3 is 2.86 bits per heavy atom. The Labute approximate surface area is 129 Å². The van der Waals surface area contributed by atoms with E-state index in [-0.39, 0.29) is 30.2 Å². The molecule has 22 heavy (non-hydrogen) atoms. The molecule has 1 N–H and O–H groups in total. The van der Waals surface area contributed by atoms with Gasteiger partial charge in [0.05, 0.1) is 18.7 Å². The van der Waals surface area contributed by atoms with Crippen LogP contribution in [0.25, 0.3) is 0 Å².